The van der Waals surface area contributed by atoms with Gasteiger partial charge in [0.05, 0.1) is 18.6 Å². The van der Waals surface area contributed by atoms with E-state index in [9.17, 15) is 0 Å². The zero-order valence-electron chi connectivity index (χ0n) is 9.70. The molecule has 1 aliphatic carbocycles. The van der Waals surface area contributed by atoms with Crippen molar-refractivity contribution in [1.29, 1.82) is 0 Å². The van der Waals surface area contributed by atoms with Crippen LogP contribution in [0.15, 0.2) is 24.5 Å². The van der Waals surface area contributed by atoms with Gasteiger partial charge in [-0.2, -0.15) is 0 Å². The summed E-state index contributed by atoms with van der Waals surface area (Å²) in [5, 5.41) is 3.34. The van der Waals surface area contributed by atoms with Crippen LogP contribution in [0.25, 0.3) is 0 Å². The van der Waals surface area contributed by atoms with Gasteiger partial charge in [0.25, 0.3) is 0 Å². The summed E-state index contributed by atoms with van der Waals surface area (Å²) in [5.41, 5.74) is 2.00. The minimum Gasteiger partial charge on any atom is -0.379 e. The predicted octanol–water partition coefficient (Wildman–Crippen LogP) is 1.35. The van der Waals surface area contributed by atoms with Crippen LogP contribution in [0.5, 0.6) is 0 Å². The molecule has 1 aromatic heterocycles. The van der Waals surface area contributed by atoms with Crippen LogP contribution in [0.4, 0.5) is 0 Å². The first kappa shape index (κ1) is 10.2. The SMILES string of the molecule is CNCC1(C2(c3cccnc3)COC2)CC1. The van der Waals surface area contributed by atoms with Crippen molar-refractivity contribution in [1.82, 2.24) is 10.3 Å². The summed E-state index contributed by atoms with van der Waals surface area (Å²) < 4.78 is 5.51. The van der Waals surface area contributed by atoms with Crippen LogP contribution < -0.4 is 5.32 Å². The van der Waals surface area contributed by atoms with E-state index in [1.165, 1.54) is 18.4 Å². The van der Waals surface area contributed by atoms with E-state index in [1.807, 2.05) is 25.5 Å². The first-order valence-corrected chi connectivity index (χ1v) is 5.96. The molecule has 1 saturated carbocycles. The monoisotopic (exact) mass is 218 g/mol. The molecule has 2 fully saturated rings. The Hall–Kier alpha value is -0.930. The van der Waals surface area contributed by atoms with Crippen LogP contribution in [-0.4, -0.2) is 31.8 Å². The lowest BCUT2D eigenvalue weighted by Gasteiger charge is -2.48. The quantitative estimate of drug-likeness (QED) is 0.828. The molecule has 0 aromatic carbocycles. The molecule has 0 radical (unpaired) electrons. The van der Waals surface area contributed by atoms with Crippen molar-refractivity contribution in [2.75, 3.05) is 26.8 Å². The molecule has 2 aliphatic rings. The number of aromatic nitrogens is 1. The fraction of sp³-hybridized carbons (Fsp3) is 0.615. The molecular formula is C13H18N2O. The second-order valence-corrected chi connectivity index (χ2v) is 5.13. The lowest BCUT2D eigenvalue weighted by molar-refractivity contribution is -0.0987. The Morgan fingerprint density at radius 1 is 1.44 bits per heavy atom. The normalized spacial score (nSPS) is 24.8. The Kier molecular flexibility index (Phi) is 2.26. The average molecular weight is 218 g/mol. The van der Waals surface area contributed by atoms with Gasteiger partial charge >= 0.3 is 0 Å². The van der Waals surface area contributed by atoms with Gasteiger partial charge in [-0.05, 0) is 36.9 Å². The number of nitrogens with one attached hydrogen (secondary N) is 1. The summed E-state index contributed by atoms with van der Waals surface area (Å²) in [6, 6.07) is 4.23. The van der Waals surface area contributed by atoms with Gasteiger partial charge in [0.15, 0.2) is 0 Å². The van der Waals surface area contributed by atoms with Crippen LogP contribution in [0.3, 0.4) is 0 Å². The van der Waals surface area contributed by atoms with E-state index in [0.717, 1.165) is 19.8 Å². The van der Waals surface area contributed by atoms with E-state index in [1.54, 1.807) is 0 Å². The van der Waals surface area contributed by atoms with Crippen molar-refractivity contribution < 1.29 is 4.74 Å². The topological polar surface area (TPSA) is 34.2 Å². The molecule has 2 heterocycles. The third-order valence-corrected chi connectivity index (χ3v) is 4.29. The summed E-state index contributed by atoms with van der Waals surface area (Å²) in [6.45, 7) is 2.81. The predicted molar refractivity (Wildman–Crippen MR) is 62.3 cm³/mol. The van der Waals surface area contributed by atoms with Crippen LogP contribution in [-0.2, 0) is 10.2 Å². The highest BCUT2D eigenvalue weighted by Crippen LogP contribution is 2.61. The molecule has 1 aromatic rings. The minimum atomic E-state index is 0.226. The first-order valence-electron chi connectivity index (χ1n) is 5.96. The maximum absolute atomic E-state index is 5.51. The van der Waals surface area contributed by atoms with Gasteiger partial charge in [-0.25, -0.2) is 0 Å². The second-order valence-electron chi connectivity index (χ2n) is 5.13. The largest absolute Gasteiger partial charge is 0.379 e. The molecule has 1 saturated heterocycles. The maximum atomic E-state index is 5.51. The van der Waals surface area contributed by atoms with Gasteiger partial charge in [-0.1, -0.05) is 6.07 Å². The molecule has 3 heteroatoms. The Morgan fingerprint density at radius 3 is 2.69 bits per heavy atom. The van der Waals surface area contributed by atoms with Crippen molar-refractivity contribution in [2.24, 2.45) is 5.41 Å². The molecule has 0 bridgehead atoms. The number of hydrogen-bond donors (Lipinski definition) is 1. The Balaban J connectivity index is 1.95. The van der Waals surface area contributed by atoms with Gasteiger partial charge < -0.3 is 10.1 Å². The molecule has 1 N–H and O–H groups in total. The third kappa shape index (κ3) is 1.25. The van der Waals surface area contributed by atoms with Crippen molar-refractivity contribution in [3.8, 4) is 0 Å². The highest BCUT2D eigenvalue weighted by Gasteiger charge is 2.63. The van der Waals surface area contributed by atoms with E-state index >= 15 is 0 Å². The summed E-state index contributed by atoms with van der Waals surface area (Å²) in [4.78, 5) is 4.26. The molecule has 0 atom stereocenters. The first-order chi connectivity index (χ1) is 7.83. The molecule has 16 heavy (non-hydrogen) atoms. The highest BCUT2D eigenvalue weighted by molar-refractivity contribution is 5.33. The van der Waals surface area contributed by atoms with E-state index in [2.05, 4.69) is 16.4 Å². The number of ether oxygens (including phenoxy) is 1. The number of pyridine rings is 1. The summed E-state index contributed by atoms with van der Waals surface area (Å²) >= 11 is 0. The highest BCUT2D eigenvalue weighted by atomic mass is 16.5. The Labute approximate surface area is 96.2 Å². The number of hydrogen-bond acceptors (Lipinski definition) is 3. The third-order valence-electron chi connectivity index (χ3n) is 4.29. The molecular weight excluding hydrogens is 200 g/mol. The van der Waals surface area contributed by atoms with Crippen LogP contribution >= 0.6 is 0 Å². The molecule has 3 nitrogen and oxygen atoms in total. The van der Waals surface area contributed by atoms with Crippen molar-refractivity contribution in [3.63, 3.8) is 0 Å². The molecule has 1 aliphatic heterocycles. The van der Waals surface area contributed by atoms with Gasteiger partial charge in [0.1, 0.15) is 0 Å². The van der Waals surface area contributed by atoms with Crippen LogP contribution in [0.2, 0.25) is 0 Å². The van der Waals surface area contributed by atoms with Crippen molar-refractivity contribution in [2.45, 2.75) is 18.3 Å². The van der Waals surface area contributed by atoms with E-state index in [4.69, 9.17) is 4.74 Å². The Bertz CT molecular complexity index is 369. The average Bonchev–Trinajstić information content (AvgIpc) is 2.99. The van der Waals surface area contributed by atoms with E-state index in [-0.39, 0.29) is 5.41 Å². The van der Waals surface area contributed by atoms with Crippen molar-refractivity contribution in [3.05, 3.63) is 30.1 Å². The Morgan fingerprint density at radius 2 is 2.25 bits per heavy atom. The van der Waals surface area contributed by atoms with Crippen LogP contribution in [0, 0.1) is 5.41 Å². The van der Waals surface area contributed by atoms with Crippen LogP contribution in [0.1, 0.15) is 18.4 Å². The van der Waals surface area contributed by atoms with E-state index < -0.39 is 0 Å². The zero-order valence-corrected chi connectivity index (χ0v) is 9.70. The molecule has 0 spiro atoms. The molecule has 3 rings (SSSR count). The maximum Gasteiger partial charge on any atom is 0.0592 e. The fourth-order valence-corrected chi connectivity index (χ4v) is 3.04. The molecule has 86 valence electrons. The summed E-state index contributed by atoms with van der Waals surface area (Å²) in [5.74, 6) is 0. The number of nitrogens with zero attached hydrogens (tertiary/aromatic N) is 1. The molecule has 0 unspecified atom stereocenters. The smallest absolute Gasteiger partial charge is 0.0592 e. The van der Waals surface area contributed by atoms with Gasteiger partial charge in [-0.15, -0.1) is 0 Å². The standard InChI is InChI=1S/C13H18N2O/c1-14-8-12(4-5-12)13(9-16-10-13)11-3-2-6-15-7-11/h2-3,6-7,14H,4-5,8-10H2,1H3. The molecule has 0 amide bonds. The van der Waals surface area contributed by atoms with Gasteiger partial charge in [0.2, 0.25) is 0 Å². The minimum absolute atomic E-state index is 0.226. The van der Waals surface area contributed by atoms with E-state index in [0.29, 0.717) is 5.41 Å². The van der Waals surface area contributed by atoms with Crippen molar-refractivity contribution >= 4 is 0 Å². The lowest BCUT2D eigenvalue weighted by Crippen LogP contribution is -2.56. The zero-order chi connectivity index (χ0) is 11.1. The summed E-state index contributed by atoms with van der Waals surface area (Å²) in [6.07, 6.45) is 6.48. The number of rotatable bonds is 4. The summed E-state index contributed by atoms with van der Waals surface area (Å²) in [7, 11) is 2.04. The van der Waals surface area contributed by atoms with Gasteiger partial charge in [-0.3, -0.25) is 4.98 Å². The fourth-order valence-electron chi connectivity index (χ4n) is 3.04. The second kappa shape index (κ2) is 3.54. The van der Waals surface area contributed by atoms with Gasteiger partial charge in [0, 0.05) is 18.9 Å². The lowest BCUT2D eigenvalue weighted by atomic mass is 9.66.